The first-order chi connectivity index (χ1) is 11.3. The number of thiophene rings is 1. The SMILES string of the molecule is Cc1cc(C)c(-c2csc(NC(=O)c3cc(Cl)sc3Cl)n2)c(C)c1. The molecule has 3 aromatic rings. The van der Waals surface area contributed by atoms with Crippen LogP contribution in [0.5, 0.6) is 0 Å². The molecule has 124 valence electrons. The number of nitrogens with zero attached hydrogens (tertiary/aromatic N) is 1. The number of anilines is 1. The molecule has 0 atom stereocenters. The van der Waals surface area contributed by atoms with Crippen molar-refractivity contribution in [3.8, 4) is 11.3 Å². The predicted molar refractivity (Wildman–Crippen MR) is 104 cm³/mol. The van der Waals surface area contributed by atoms with Crippen molar-refractivity contribution in [2.45, 2.75) is 20.8 Å². The van der Waals surface area contributed by atoms with E-state index >= 15 is 0 Å². The standard InChI is InChI=1S/C17H14Cl2N2OS2/c1-8-4-9(2)14(10(3)5-8)12-7-23-17(20-12)21-16(22)11-6-13(18)24-15(11)19/h4-7H,1-3H3,(H,20,21,22). The van der Waals surface area contributed by atoms with Crippen LogP contribution in [-0.2, 0) is 0 Å². The molecule has 2 heterocycles. The van der Waals surface area contributed by atoms with E-state index in [1.54, 1.807) is 6.07 Å². The summed E-state index contributed by atoms with van der Waals surface area (Å²) in [6.07, 6.45) is 0. The van der Waals surface area contributed by atoms with Crippen molar-refractivity contribution in [3.05, 3.63) is 54.5 Å². The Morgan fingerprint density at radius 2 is 1.79 bits per heavy atom. The van der Waals surface area contributed by atoms with Crippen LogP contribution in [0, 0.1) is 20.8 Å². The topological polar surface area (TPSA) is 42.0 Å². The van der Waals surface area contributed by atoms with Crippen LogP contribution in [-0.4, -0.2) is 10.9 Å². The largest absolute Gasteiger partial charge is 0.298 e. The van der Waals surface area contributed by atoms with E-state index in [-0.39, 0.29) is 5.91 Å². The fourth-order valence-electron chi connectivity index (χ4n) is 2.69. The molecule has 1 N–H and O–H groups in total. The molecule has 3 nitrogen and oxygen atoms in total. The zero-order valence-corrected chi connectivity index (χ0v) is 16.4. The summed E-state index contributed by atoms with van der Waals surface area (Å²) in [5, 5.41) is 5.27. The van der Waals surface area contributed by atoms with Crippen LogP contribution in [0.25, 0.3) is 11.3 Å². The second-order valence-electron chi connectivity index (χ2n) is 5.50. The van der Waals surface area contributed by atoms with Gasteiger partial charge in [0.2, 0.25) is 0 Å². The minimum absolute atomic E-state index is 0.304. The lowest BCUT2D eigenvalue weighted by atomic mass is 9.98. The molecule has 24 heavy (non-hydrogen) atoms. The molecule has 0 bridgehead atoms. The highest BCUT2D eigenvalue weighted by Crippen LogP contribution is 2.33. The predicted octanol–water partition coefficient (Wildman–Crippen LogP) is 6.36. The fourth-order valence-corrected chi connectivity index (χ4v) is 4.84. The molecule has 0 fully saturated rings. The molecule has 0 spiro atoms. The zero-order chi connectivity index (χ0) is 17.4. The summed E-state index contributed by atoms with van der Waals surface area (Å²) >= 11 is 14.5. The summed E-state index contributed by atoms with van der Waals surface area (Å²) in [6.45, 7) is 6.21. The van der Waals surface area contributed by atoms with Crippen LogP contribution < -0.4 is 5.32 Å². The molecule has 0 radical (unpaired) electrons. The highest BCUT2D eigenvalue weighted by Gasteiger charge is 2.17. The molecule has 1 aromatic carbocycles. The van der Waals surface area contributed by atoms with Gasteiger partial charge in [0.25, 0.3) is 5.91 Å². The van der Waals surface area contributed by atoms with Crippen molar-refractivity contribution < 1.29 is 4.79 Å². The number of aromatic nitrogens is 1. The minimum Gasteiger partial charge on any atom is -0.298 e. The number of carbonyl (C=O) groups excluding carboxylic acids is 1. The molecular weight excluding hydrogens is 383 g/mol. The average molecular weight is 397 g/mol. The van der Waals surface area contributed by atoms with Gasteiger partial charge in [-0.25, -0.2) is 4.98 Å². The van der Waals surface area contributed by atoms with Gasteiger partial charge in [-0.05, 0) is 38.0 Å². The lowest BCUT2D eigenvalue weighted by molar-refractivity contribution is 0.102. The normalized spacial score (nSPS) is 10.9. The van der Waals surface area contributed by atoms with Crippen LogP contribution in [0.15, 0.2) is 23.6 Å². The summed E-state index contributed by atoms with van der Waals surface area (Å²) in [6, 6.07) is 5.83. The molecular formula is C17H14Cl2N2OS2. The Bertz CT molecular complexity index is 908. The smallest absolute Gasteiger partial charge is 0.259 e. The number of benzene rings is 1. The van der Waals surface area contributed by atoms with Gasteiger partial charge in [-0.15, -0.1) is 22.7 Å². The quantitative estimate of drug-likeness (QED) is 0.559. The fraction of sp³-hybridized carbons (Fsp3) is 0.176. The van der Waals surface area contributed by atoms with Crippen LogP contribution in [0.2, 0.25) is 8.67 Å². The Kier molecular flexibility index (Phi) is 4.97. The maximum atomic E-state index is 12.3. The van der Waals surface area contributed by atoms with E-state index in [1.807, 2.05) is 5.38 Å². The second kappa shape index (κ2) is 6.84. The first-order valence-electron chi connectivity index (χ1n) is 7.15. The zero-order valence-electron chi connectivity index (χ0n) is 13.2. The van der Waals surface area contributed by atoms with E-state index in [9.17, 15) is 4.79 Å². The summed E-state index contributed by atoms with van der Waals surface area (Å²) in [7, 11) is 0. The van der Waals surface area contributed by atoms with Crippen LogP contribution in [0.4, 0.5) is 5.13 Å². The number of carbonyl (C=O) groups is 1. The number of aryl methyl sites for hydroxylation is 3. The van der Waals surface area contributed by atoms with Crippen LogP contribution in [0.1, 0.15) is 27.0 Å². The van der Waals surface area contributed by atoms with Crippen molar-refractivity contribution in [2.75, 3.05) is 5.32 Å². The molecule has 0 saturated heterocycles. The Morgan fingerprint density at radius 1 is 1.12 bits per heavy atom. The van der Waals surface area contributed by atoms with E-state index in [1.165, 1.54) is 39.4 Å². The third-order valence-corrected chi connectivity index (χ3v) is 5.80. The lowest BCUT2D eigenvalue weighted by Crippen LogP contribution is -2.11. The van der Waals surface area contributed by atoms with Gasteiger partial charge in [0.1, 0.15) is 4.34 Å². The second-order valence-corrected chi connectivity index (χ2v) is 8.65. The van der Waals surface area contributed by atoms with Gasteiger partial charge in [-0.1, -0.05) is 40.9 Å². The van der Waals surface area contributed by atoms with Crippen molar-refractivity contribution in [1.82, 2.24) is 4.98 Å². The third-order valence-electron chi connectivity index (χ3n) is 3.56. The highest BCUT2D eigenvalue weighted by atomic mass is 35.5. The van der Waals surface area contributed by atoms with Crippen molar-refractivity contribution >= 4 is 56.9 Å². The summed E-state index contributed by atoms with van der Waals surface area (Å²) in [5.74, 6) is -0.304. The highest BCUT2D eigenvalue weighted by molar-refractivity contribution is 7.20. The van der Waals surface area contributed by atoms with E-state index in [2.05, 4.69) is 43.2 Å². The Labute approximate surface area is 158 Å². The third kappa shape index (κ3) is 3.49. The summed E-state index contributed by atoms with van der Waals surface area (Å²) in [5.41, 5.74) is 5.90. The molecule has 2 aromatic heterocycles. The van der Waals surface area contributed by atoms with E-state index in [0.29, 0.717) is 19.4 Å². The molecule has 0 aliphatic heterocycles. The lowest BCUT2D eigenvalue weighted by Gasteiger charge is -2.08. The number of rotatable bonds is 3. The van der Waals surface area contributed by atoms with Gasteiger partial charge in [0.15, 0.2) is 5.13 Å². The maximum Gasteiger partial charge on any atom is 0.259 e. The number of amides is 1. The van der Waals surface area contributed by atoms with Gasteiger partial charge in [-0.3, -0.25) is 10.1 Å². The van der Waals surface area contributed by atoms with Crippen molar-refractivity contribution in [3.63, 3.8) is 0 Å². The molecule has 0 aliphatic carbocycles. The van der Waals surface area contributed by atoms with Crippen molar-refractivity contribution in [2.24, 2.45) is 0 Å². The summed E-state index contributed by atoms with van der Waals surface area (Å²) in [4.78, 5) is 16.8. The molecule has 0 unspecified atom stereocenters. The Balaban J connectivity index is 1.87. The number of thiazole rings is 1. The minimum atomic E-state index is -0.304. The number of hydrogen-bond donors (Lipinski definition) is 1. The monoisotopic (exact) mass is 396 g/mol. The molecule has 3 rings (SSSR count). The molecule has 0 saturated carbocycles. The van der Waals surface area contributed by atoms with Crippen molar-refractivity contribution in [1.29, 1.82) is 0 Å². The van der Waals surface area contributed by atoms with Crippen LogP contribution in [0.3, 0.4) is 0 Å². The van der Waals surface area contributed by atoms with E-state index < -0.39 is 0 Å². The van der Waals surface area contributed by atoms with Gasteiger partial charge in [0.05, 0.1) is 15.6 Å². The Morgan fingerprint density at radius 3 is 2.38 bits per heavy atom. The number of halogens is 2. The molecule has 1 amide bonds. The maximum absolute atomic E-state index is 12.3. The van der Waals surface area contributed by atoms with E-state index in [4.69, 9.17) is 23.2 Å². The van der Waals surface area contributed by atoms with Gasteiger partial charge >= 0.3 is 0 Å². The summed E-state index contributed by atoms with van der Waals surface area (Å²) < 4.78 is 0.857. The molecule has 0 aliphatic rings. The average Bonchev–Trinajstić information content (AvgIpc) is 3.04. The first-order valence-corrected chi connectivity index (χ1v) is 9.60. The van der Waals surface area contributed by atoms with E-state index in [0.717, 1.165) is 11.3 Å². The Hall–Kier alpha value is -1.40. The first kappa shape index (κ1) is 17.4. The van der Waals surface area contributed by atoms with Gasteiger partial charge in [0, 0.05) is 10.9 Å². The van der Waals surface area contributed by atoms with Crippen LogP contribution >= 0.6 is 45.9 Å². The van der Waals surface area contributed by atoms with Gasteiger partial charge in [-0.2, -0.15) is 0 Å². The molecule has 7 heteroatoms. The number of hydrogen-bond acceptors (Lipinski definition) is 4. The van der Waals surface area contributed by atoms with Gasteiger partial charge < -0.3 is 0 Å². The number of nitrogens with one attached hydrogen (secondary N) is 1.